The van der Waals surface area contributed by atoms with Gasteiger partial charge in [-0.2, -0.15) is 0 Å². The molecule has 1 fully saturated rings. The molecule has 0 aliphatic heterocycles. The summed E-state index contributed by atoms with van der Waals surface area (Å²) in [4.78, 5) is 0. The monoisotopic (exact) mass is 267 g/mol. The van der Waals surface area contributed by atoms with Crippen LogP contribution in [-0.2, 0) is 0 Å². The zero-order valence-corrected chi connectivity index (χ0v) is 11.1. The lowest BCUT2D eigenvalue weighted by Gasteiger charge is -2.37. The van der Waals surface area contributed by atoms with Crippen molar-refractivity contribution >= 4 is 0 Å². The maximum absolute atomic E-state index is 13.5. The third kappa shape index (κ3) is 3.53. The van der Waals surface area contributed by atoms with E-state index in [9.17, 15) is 14.6 Å². The van der Waals surface area contributed by atoms with Crippen molar-refractivity contribution < 1.29 is 14.6 Å². The smallest absolute Gasteiger partial charge is 0.129 e. The molecule has 1 aliphatic rings. The fourth-order valence-electron chi connectivity index (χ4n) is 2.79. The Labute approximate surface area is 113 Å². The van der Waals surface area contributed by atoms with Gasteiger partial charge in [-0.1, -0.05) is 37.5 Å². The highest BCUT2D eigenvalue weighted by Gasteiger charge is 2.31. The van der Waals surface area contributed by atoms with E-state index in [1.54, 1.807) is 18.2 Å². The second kappa shape index (κ2) is 6.46. The molecule has 0 radical (unpaired) electrons. The summed E-state index contributed by atoms with van der Waals surface area (Å²) in [7, 11) is 0. The van der Waals surface area contributed by atoms with Crippen molar-refractivity contribution in [3.05, 3.63) is 35.6 Å². The Balaban J connectivity index is 1.95. The lowest BCUT2D eigenvalue weighted by Crippen LogP contribution is -2.51. The number of β-amino-alcohol motifs (C(OH)–C–C–N with tert-alkyl or cyclic N) is 1. The van der Waals surface area contributed by atoms with Crippen LogP contribution >= 0.6 is 0 Å². The summed E-state index contributed by atoms with van der Waals surface area (Å²) in [5.74, 6) is -0.390. The Morgan fingerprint density at radius 1 is 1.21 bits per heavy atom. The Morgan fingerprint density at radius 3 is 2.53 bits per heavy atom. The highest BCUT2D eigenvalue weighted by atomic mass is 19.1. The number of halogens is 1. The van der Waals surface area contributed by atoms with E-state index in [0.29, 0.717) is 5.56 Å². The number of aliphatic hydroxyl groups excluding tert-OH is 2. The summed E-state index contributed by atoms with van der Waals surface area (Å²) in [5.41, 5.74) is 0.00343. The van der Waals surface area contributed by atoms with Crippen LogP contribution in [0.3, 0.4) is 0 Å². The van der Waals surface area contributed by atoms with E-state index in [2.05, 4.69) is 5.32 Å². The first-order valence-corrected chi connectivity index (χ1v) is 6.95. The van der Waals surface area contributed by atoms with Gasteiger partial charge in [0.1, 0.15) is 5.82 Å². The van der Waals surface area contributed by atoms with E-state index in [1.165, 1.54) is 12.5 Å². The highest BCUT2D eigenvalue weighted by Crippen LogP contribution is 2.28. The molecule has 0 saturated heterocycles. The average molecular weight is 267 g/mol. The SMILES string of the molecule is OCC1(NCC(O)c2ccccc2F)CCCCC1. The van der Waals surface area contributed by atoms with E-state index in [1.807, 2.05) is 0 Å². The van der Waals surface area contributed by atoms with Crippen LogP contribution in [0, 0.1) is 5.82 Å². The molecule has 3 nitrogen and oxygen atoms in total. The molecule has 1 aromatic rings. The first-order chi connectivity index (χ1) is 9.17. The number of aliphatic hydroxyl groups is 2. The lowest BCUT2D eigenvalue weighted by molar-refractivity contribution is 0.0932. The second-order valence-electron chi connectivity index (χ2n) is 5.42. The van der Waals surface area contributed by atoms with Crippen molar-refractivity contribution in [2.45, 2.75) is 43.7 Å². The third-order valence-corrected chi connectivity index (χ3v) is 4.05. The first-order valence-electron chi connectivity index (χ1n) is 6.95. The molecule has 0 bridgehead atoms. The molecule has 106 valence electrons. The van der Waals surface area contributed by atoms with Gasteiger partial charge in [-0.25, -0.2) is 4.39 Å². The van der Waals surface area contributed by atoms with Gasteiger partial charge in [0.05, 0.1) is 12.7 Å². The maximum atomic E-state index is 13.5. The van der Waals surface area contributed by atoms with Gasteiger partial charge in [-0.05, 0) is 18.9 Å². The third-order valence-electron chi connectivity index (χ3n) is 4.05. The fourth-order valence-corrected chi connectivity index (χ4v) is 2.79. The predicted molar refractivity (Wildman–Crippen MR) is 72.3 cm³/mol. The van der Waals surface area contributed by atoms with Crippen molar-refractivity contribution in [3.8, 4) is 0 Å². The molecule has 19 heavy (non-hydrogen) atoms. The van der Waals surface area contributed by atoms with E-state index < -0.39 is 11.9 Å². The van der Waals surface area contributed by atoms with Gasteiger partial charge in [0.15, 0.2) is 0 Å². The lowest BCUT2D eigenvalue weighted by atomic mass is 9.82. The van der Waals surface area contributed by atoms with E-state index in [-0.39, 0.29) is 18.7 Å². The summed E-state index contributed by atoms with van der Waals surface area (Å²) in [6.45, 7) is 0.332. The number of hydrogen-bond donors (Lipinski definition) is 3. The number of hydrogen-bond acceptors (Lipinski definition) is 3. The Morgan fingerprint density at radius 2 is 1.89 bits per heavy atom. The minimum atomic E-state index is -0.883. The van der Waals surface area contributed by atoms with Gasteiger partial charge in [0.25, 0.3) is 0 Å². The second-order valence-corrected chi connectivity index (χ2v) is 5.42. The molecule has 1 saturated carbocycles. The van der Waals surface area contributed by atoms with Crippen molar-refractivity contribution in [2.24, 2.45) is 0 Å². The molecular weight excluding hydrogens is 245 g/mol. The minimum absolute atomic E-state index is 0.0665. The summed E-state index contributed by atoms with van der Waals surface area (Å²) in [5, 5.41) is 22.9. The van der Waals surface area contributed by atoms with Crippen LogP contribution in [0.2, 0.25) is 0 Å². The summed E-state index contributed by atoms with van der Waals surface area (Å²) in [6.07, 6.45) is 4.30. The molecule has 1 aromatic carbocycles. The van der Waals surface area contributed by atoms with Crippen molar-refractivity contribution in [2.75, 3.05) is 13.2 Å². The molecule has 4 heteroatoms. The van der Waals surface area contributed by atoms with Crippen molar-refractivity contribution in [1.29, 1.82) is 0 Å². The summed E-state index contributed by atoms with van der Waals surface area (Å²) in [6, 6.07) is 6.26. The normalized spacial score (nSPS) is 20.2. The minimum Gasteiger partial charge on any atom is -0.394 e. The topological polar surface area (TPSA) is 52.5 Å². The zero-order chi connectivity index (χ0) is 13.7. The largest absolute Gasteiger partial charge is 0.394 e. The van der Waals surface area contributed by atoms with Crippen LogP contribution in [0.1, 0.15) is 43.8 Å². The van der Waals surface area contributed by atoms with Crippen LogP contribution in [-0.4, -0.2) is 28.9 Å². The van der Waals surface area contributed by atoms with E-state index in [4.69, 9.17) is 0 Å². The molecule has 1 atom stereocenters. The highest BCUT2D eigenvalue weighted by molar-refractivity contribution is 5.20. The molecule has 2 rings (SSSR count). The van der Waals surface area contributed by atoms with Gasteiger partial charge < -0.3 is 15.5 Å². The van der Waals surface area contributed by atoms with Crippen LogP contribution in [0.15, 0.2) is 24.3 Å². The van der Waals surface area contributed by atoms with Crippen LogP contribution < -0.4 is 5.32 Å². The molecule has 1 aliphatic carbocycles. The molecule has 0 heterocycles. The van der Waals surface area contributed by atoms with Gasteiger partial charge in [0.2, 0.25) is 0 Å². The molecule has 0 spiro atoms. The molecule has 0 amide bonds. The average Bonchev–Trinajstić information content (AvgIpc) is 2.46. The molecular formula is C15H22FNO2. The van der Waals surface area contributed by atoms with Gasteiger partial charge in [0, 0.05) is 17.6 Å². The van der Waals surface area contributed by atoms with Gasteiger partial charge in [-0.3, -0.25) is 0 Å². The molecule has 1 unspecified atom stereocenters. The fraction of sp³-hybridized carbons (Fsp3) is 0.600. The number of rotatable bonds is 5. The predicted octanol–water partition coefficient (Wildman–Crippen LogP) is 2.14. The summed E-state index contributed by atoms with van der Waals surface area (Å²) < 4.78 is 13.5. The van der Waals surface area contributed by atoms with Crippen molar-refractivity contribution in [3.63, 3.8) is 0 Å². The number of benzene rings is 1. The standard InChI is InChI=1S/C15H22FNO2/c16-13-7-3-2-6-12(13)14(19)10-17-15(11-18)8-4-1-5-9-15/h2-3,6-7,14,17-19H,1,4-5,8-11H2. The molecule has 0 aromatic heterocycles. The van der Waals surface area contributed by atoms with Gasteiger partial charge in [-0.15, -0.1) is 0 Å². The molecule has 3 N–H and O–H groups in total. The zero-order valence-electron chi connectivity index (χ0n) is 11.1. The van der Waals surface area contributed by atoms with Crippen LogP contribution in [0.5, 0.6) is 0 Å². The Kier molecular flexibility index (Phi) is 4.91. The summed E-state index contributed by atoms with van der Waals surface area (Å²) >= 11 is 0. The van der Waals surface area contributed by atoms with E-state index in [0.717, 1.165) is 25.7 Å². The van der Waals surface area contributed by atoms with Crippen LogP contribution in [0.4, 0.5) is 4.39 Å². The Hall–Kier alpha value is -0.970. The van der Waals surface area contributed by atoms with Crippen LogP contribution in [0.25, 0.3) is 0 Å². The van der Waals surface area contributed by atoms with E-state index >= 15 is 0 Å². The van der Waals surface area contributed by atoms with Gasteiger partial charge >= 0.3 is 0 Å². The van der Waals surface area contributed by atoms with Crippen molar-refractivity contribution in [1.82, 2.24) is 5.32 Å². The number of nitrogens with one attached hydrogen (secondary N) is 1. The maximum Gasteiger partial charge on any atom is 0.129 e. The Bertz CT molecular complexity index is 405. The first kappa shape index (κ1) is 14.4. The quantitative estimate of drug-likeness (QED) is 0.766.